The van der Waals surface area contributed by atoms with Crippen molar-refractivity contribution in [2.24, 2.45) is 0 Å². The fraction of sp³-hybridized carbons (Fsp3) is 0.318. The van der Waals surface area contributed by atoms with Gasteiger partial charge >= 0.3 is 0 Å². The summed E-state index contributed by atoms with van der Waals surface area (Å²) >= 11 is 6.79. The van der Waals surface area contributed by atoms with E-state index in [0.717, 1.165) is 40.2 Å². The molecule has 0 bridgehead atoms. The molecule has 1 heterocycles. The third-order valence-corrected chi connectivity index (χ3v) is 6.19. The second-order valence-corrected chi connectivity index (χ2v) is 8.78. The Bertz CT molecular complexity index is 911. The van der Waals surface area contributed by atoms with Gasteiger partial charge in [-0.15, -0.1) is 0 Å². The van der Waals surface area contributed by atoms with Crippen LogP contribution in [0.3, 0.4) is 0 Å². The Labute approximate surface area is 182 Å². The minimum absolute atomic E-state index is 0.0510. The van der Waals surface area contributed by atoms with Crippen LogP contribution in [0.5, 0.6) is 0 Å². The molecule has 0 saturated heterocycles. The lowest BCUT2D eigenvalue weighted by molar-refractivity contribution is -0.119. The van der Waals surface area contributed by atoms with Crippen LogP contribution >= 0.6 is 31.9 Å². The first-order valence-electron chi connectivity index (χ1n) is 9.35. The fourth-order valence-corrected chi connectivity index (χ4v) is 4.78. The number of amides is 1. The summed E-state index contributed by atoms with van der Waals surface area (Å²) in [6.07, 6.45) is 9.37. The minimum atomic E-state index is -0.435. The molecule has 0 unspecified atom stereocenters. The van der Waals surface area contributed by atoms with E-state index in [1.54, 1.807) is 6.20 Å². The normalized spacial score (nSPS) is 16.7. The highest BCUT2D eigenvalue weighted by atomic mass is 79.9. The molecule has 0 radical (unpaired) electrons. The Morgan fingerprint density at radius 1 is 1.14 bits per heavy atom. The van der Waals surface area contributed by atoms with Crippen LogP contribution in [-0.2, 0) is 10.3 Å². The molecule has 144 valence electrons. The number of nitrogens with one attached hydrogen (secondary N) is 1. The summed E-state index contributed by atoms with van der Waals surface area (Å²) in [5.41, 5.74) is 1.26. The number of rotatable bonds is 4. The molecular formula is C22H21Br2N3O. The first-order valence-corrected chi connectivity index (χ1v) is 10.9. The second kappa shape index (κ2) is 9.49. The van der Waals surface area contributed by atoms with Gasteiger partial charge in [0.25, 0.3) is 5.91 Å². The van der Waals surface area contributed by atoms with Gasteiger partial charge in [0.1, 0.15) is 11.6 Å². The zero-order valence-corrected chi connectivity index (χ0v) is 18.6. The maximum absolute atomic E-state index is 13.1. The molecule has 1 aromatic carbocycles. The molecule has 1 aromatic heterocycles. The molecule has 1 saturated carbocycles. The smallest absolute Gasteiger partial charge is 0.262 e. The van der Waals surface area contributed by atoms with Crippen LogP contribution in [0.1, 0.15) is 49.8 Å². The van der Waals surface area contributed by atoms with Crippen LogP contribution in [-0.4, -0.2) is 10.9 Å². The summed E-state index contributed by atoms with van der Waals surface area (Å²) in [4.78, 5) is 17.3. The molecular weight excluding hydrogens is 482 g/mol. The van der Waals surface area contributed by atoms with Crippen LogP contribution in [0.25, 0.3) is 6.08 Å². The Balaban J connectivity index is 1.92. The van der Waals surface area contributed by atoms with Crippen molar-refractivity contribution in [3.8, 4) is 6.07 Å². The monoisotopic (exact) mass is 501 g/mol. The average molecular weight is 503 g/mol. The maximum Gasteiger partial charge on any atom is 0.262 e. The van der Waals surface area contributed by atoms with E-state index in [1.165, 1.54) is 18.9 Å². The Morgan fingerprint density at radius 2 is 1.82 bits per heavy atom. The zero-order valence-electron chi connectivity index (χ0n) is 15.4. The molecule has 3 rings (SSSR count). The van der Waals surface area contributed by atoms with Gasteiger partial charge in [-0.1, -0.05) is 56.0 Å². The van der Waals surface area contributed by atoms with Crippen LogP contribution < -0.4 is 5.32 Å². The summed E-state index contributed by atoms with van der Waals surface area (Å²) in [5, 5.41) is 12.8. The van der Waals surface area contributed by atoms with Gasteiger partial charge in [-0.3, -0.25) is 9.78 Å². The van der Waals surface area contributed by atoms with Crippen LogP contribution in [0, 0.1) is 11.3 Å². The molecule has 1 N–H and O–H groups in total. The molecule has 4 nitrogen and oxygen atoms in total. The van der Waals surface area contributed by atoms with Crippen molar-refractivity contribution >= 4 is 43.8 Å². The van der Waals surface area contributed by atoms with Gasteiger partial charge in [0.15, 0.2) is 0 Å². The molecule has 0 spiro atoms. The van der Waals surface area contributed by atoms with Crippen molar-refractivity contribution in [1.29, 1.82) is 5.26 Å². The van der Waals surface area contributed by atoms with E-state index >= 15 is 0 Å². The highest BCUT2D eigenvalue weighted by Gasteiger charge is 2.35. The molecule has 28 heavy (non-hydrogen) atoms. The summed E-state index contributed by atoms with van der Waals surface area (Å²) in [7, 11) is 0. The molecule has 2 aromatic rings. The molecule has 1 aliphatic carbocycles. The molecule has 0 atom stereocenters. The Kier molecular flexibility index (Phi) is 7.03. The third kappa shape index (κ3) is 4.89. The van der Waals surface area contributed by atoms with E-state index in [1.807, 2.05) is 30.3 Å². The van der Waals surface area contributed by atoms with Gasteiger partial charge in [0.05, 0.1) is 11.2 Å². The summed E-state index contributed by atoms with van der Waals surface area (Å²) in [6.45, 7) is 0. The number of carbonyl (C=O) groups excluding carboxylic acids is 1. The van der Waals surface area contributed by atoms with Crippen molar-refractivity contribution in [3.63, 3.8) is 0 Å². The number of pyridine rings is 1. The minimum Gasteiger partial charge on any atom is -0.342 e. The van der Waals surface area contributed by atoms with E-state index in [4.69, 9.17) is 0 Å². The number of nitriles is 1. The topological polar surface area (TPSA) is 65.8 Å². The summed E-state index contributed by atoms with van der Waals surface area (Å²) in [5.74, 6) is -0.357. The quantitative estimate of drug-likeness (QED) is 0.322. The van der Waals surface area contributed by atoms with Crippen molar-refractivity contribution < 1.29 is 4.79 Å². The number of hydrogen-bond donors (Lipinski definition) is 1. The predicted molar refractivity (Wildman–Crippen MR) is 117 cm³/mol. The lowest BCUT2D eigenvalue weighted by Gasteiger charge is -2.34. The number of aromatic nitrogens is 1. The van der Waals surface area contributed by atoms with Gasteiger partial charge in [0, 0.05) is 15.1 Å². The third-order valence-electron chi connectivity index (χ3n) is 5.12. The molecule has 1 amide bonds. The van der Waals surface area contributed by atoms with E-state index in [-0.39, 0.29) is 11.5 Å². The number of halogens is 2. The number of nitrogens with zero attached hydrogens (tertiary/aromatic N) is 2. The van der Waals surface area contributed by atoms with Gasteiger partial charge in [-0.05, 0) is 62.4 Å². The van der Waals surface area contributed by atoms with Crippen LogP contribution in [0.4, 0.5) is 0 Å². The maximum atomic E-state index is 13.1. The number of hydrogen-bond acceptors (Lipinski definition) is 3. The molecule has 0 aliphatic heterocycles. The standard InChI is InChI=1S/C22H21Br2N3O/c23-18-13-19(24)20(26-15-18)12-16(14-25)21(28)27-22(10-6-1-2-7-11-22)17-8-4-3-5-9-17/h3-5,8-9,12-13,15H,1-2,6-7,10-11H2,(H,27,28). The average Bonchev–Trinajstić information content (AvgIpc) is 2.94. The van der Waals surface area contributed by atoms with E-state index < -0.39 is 5.54 Å². The van der Waals surface area contributed by atoms with E-state index in [0.29, 0.717) is 5.69 Å². The Morgan fingerprint density at radius 3 is 2.43 bits per heavy atom. The highest BCUT2D eigenvalue weighted by Crippen LogP contribution is 2.36. The van der Waals surface area contributed by atoms with Gasteiger partial charge < -0.3 is 5.32 Å². The molecule has 6 heteroatoms. The van der Waals surface area contributed by atoms with Crippen LogP contribution in [0.2, 0.25) is 0 Å². The fourth-order valence-electron chi connectivity index (χ4n) is 3.68. The van der Waals surface area contributed by atoms with Gasteiger partial charge in [0.2, 0.25) is 0 Å². The predicted octanol–water partition coefficient (Wildman–Crippen LogP) is 5.88. The van der Waals surface area contributed by atoms with Crippen LogP contribution in [0.15, 0.2) is 57.1 Å². The largest absolute Gasteiger partial charge is 0.342 e. The van der Waals surface area contributed by atoms with Crippen molar-refractivity contribution in [3.05, 3.63) is 68.4 Å². The summed E-state index contributed by atoms with van der Waals surface area (Å²) in [6, 6.07) is 14.0. The summed E-state index contributed by atoms with van der Waals surface area (Å²) < 4.78 is 1.54. The second-order valence-electron chi connectivity index (χ2n) is 7.01. The van der Waals surface area contributed by atoms with Gasteiger partial charge in [-0.2, -0.15) is 5.26 Å². The van der Waals surface area contributed by atoms with Crippen molar-refractivity contribution in [1.82, 2.24) is 10.3 Å². The van der Waals surface area contributed by atoms with E-state index in [9.17, 15) is 10.1 Å². The first-order chi connectivity index (χ1) is 13.5. The van der Waals surface area contributed by atoms with E-state index in [2.05, 4.69) is 54.3 Å². The SMILES string of the molecule is N#CC(=Cc1ncc(Br)cc1Br)C(=O)NC1(c2ccccc2)CCCCCC1. The first kappa shape index (κ1) is 20.8. The lowest BCUT2D eigenvalue weighted by atomic mass is 9.82. The molecule has 1 aliphatic rings. The van der Waals surface area contributed by atoms with Crippen molar-refractivity contribution in [2.45, 2.75) is 44.1 Å². The highest BCUT2D eigenvalue weighted by molar-refractivity contribution is 9.11. The van der Waals surface area contributed by atoms with Gasteiger partial charge in [-0.25, -0.2) is 0 Å². The number of carbonyl (C=O) groups is 1. The zero-order chi connectivity index (χ0) is 20.0. The Hall–Kier alpha value is -1.97. The molecule has 1 fully saturated rings. The van der Waals surface area contributed by atoms with Crippen molar-refractivity contribution in [2.75, 3.05) is 0 Å². The number of benzene rings is 1. The lowest BCUT2D eigenvalue weighted by Crippen LogP contribution is -2.46.